The minimum atomic E-state index is -4.40. The van der Waals surface area contributed by atoms with E-state index in [2.05, 4.69) is 5.32 Å². The van der Waals surface area contributed by atoms with Gasteiger partial charge in [-0.3, -0.25) is 9.59 Å². The molecule has 2 rings (SSSR count). The van der Waals surface area contributed by atoms with E-state index in [1.807, 2.05) is 0 Å². The molecular weight excluding hydrogens is 323 g/mol. The minimum Gasteiger partial charge on any atom is -0.495 e. The highest BCUT2D eigenvalue weighted by molar-refractivity contribution is 5.99. The first-order valence-electron chi connectivity index (χ1n) is 6.93. The Morgan fingerprint density at radius 1 is 1.17 bits per heavy atom. The van der Waals surface area contributed by atoms with Gasteiger partial charge in [-0.2, -0.15) is 13.2 Å². The number of hydrogen-bond acceptors (Lipinski definition) is 3. The highest BCUT2D eigenvalue weighted by atomic mass is 19.4. The number of benzene rings is 2. The van der Waals surface area contributed by atoms with Gasteiger partial charge in [0, 0.05) is 6.54 Å². The van der Waals surface area contributed by atoms with Crippen molar-refractivity contribution in [2.45, 2.75) is 12.7 Å². The second-order valence-electron chi connectivity index (χ2n) is 4.92. The summed E-state index contributed by atoms with van der Waals surface area (Å²) < 4.78 is 42.6. The molecule has 0 aliphatic carbocycles. The van der Waals surface area contributed by atoms with Crippen LogP contribution in [-0.4, -0.2) is 19.3 Å². The van der Waals surface area contributed by atoms with Crippen molar-refractivity contribution in [3.8, 4) is 5.75 Å². The van der Waals surface area contributed by atoms with E-state index in [1.54, 1.807) is 6.07 Å². The van der Waals surface area contributed by atoms with Crippen molar-refractivity contribution < 1.29 is 27.5 Å². The smallest absolute Gasteiger partial charge is 0.416 e. The molecular formula is C17H14F3NO3. The fourth-order valence-corrected chi connectivity index (χ4v) is 2.14. The Morgan fingerprint density at radius 3 is 2.38 bits per heavy atom. The number of alkyl halides is 3. The molecule has 0 saturated heterocycles. The molecule has 1 N–H and O–H groups in total. The molecule has 0 aliphatic heterocycles. The van der Waals surface area contributed by atoms with Gasteiger partial charge >= 0.3 is 6.18 Å². The lowest BCUT2D eigenvalue weighted by Gasteiger charge is -2.11. The maximum atomic E-state index is 12.5. The predicted octanol–water partition coefficient (Wildman–Crippen LogP) is 3.46. The van der Waals surface area contributed by atoms with Crippen molar-refractivity contribution in [2.75, 3.05) is 7.11 Å². The van der Waals surface area contributed by atoms with Crippen LogP contribution in [0, 0.1) is 0 Å². The van der Waals surface area contributed by atoms with Crippen LogP contribution in [-0.2, 0) is 12.7 Å². The summed E-state index contributed by atoms with van der Waals surface area (Å²) >= 11 is 0. The van der Waals surface area contributed by atoms with Crippen LogP contribution in [0.2, 0.25) is 0 Å². The number of amides is 1. The molecule has 24 heavy (non-hydrogen) atoms. The molecule has 0 bridgehead atoms. The Morgan fingerprint density at radius 2 is 1.83 bits per heavy atom. The third-order valence-corrected chi connectivity index (χ3v) is 3.36. The topological polar surface area (TPSA) is 55.4 Å². The lowest BCUT2D eigenvalue weighted by molar-refractivity contribution is -0.137. The van der Waals surface area contributed by atoms with Gasteiger partial charge in [0.1, 0.15) is 5.75 Å². The maximum Gasteiger partial charge on any atom is 0.416 e. The van der Waals surface area contributed by atoms with Crippen molar-refractivity contribution >= 4 is 12.2 Å². The van der Waals surface area contributed by atoms with Gasteiger partial charge in [-0.15, -0.1) is 0 Å². The Hall–Kier alpha value is -2.83. The Balaban J connectivity index is 2.10. The van der Waals surface area contributed by atoms with Gasteiger partial charge in [-0.05, 0) is 29.8 Å². The van der Waals surface area contributed by atoms with Gasteiger partial charge in [-0.1, -0.05) is 18.2 Å². The van der Waals surface area contributed by atoms with Crippen LogP contribution in [0.5, 0.6) is 5.75 Å². The molecule has 2 aromatic rings. The van der Waals surface area contributed by atoms with Crippen LogP contribution in [0.15, 0.2) is 42.5 Å². The quantitative estimate of drug-likeness (QED) is 0.850. The fraction of sp³-hybridized carbons (Fsp3) is 0.176. The number of nitrogens with one attached hydrogen (secondary N) is 1. The van der Waals surface area contributed by atoms with Gasteiger partial charge in [0.2, 0.25) is 0 Å². The summed E-state index contributed by atoms with van der Waals surface area (Å²) in [5.41, 5.74) is 0.175. The standard InChI is InChI=1S/C17H14F3NO3/c1-24-15-12(10-22)3-2-4-14(15)16(23)21-9-11-5-7-13(8-6-11)17(18,19)20/h2-8,10H,9H2,1H3,(H,21,23). The van der Waals surface area contributed by atoms with Crippen LogP contribution >= 0.6 is 0 Å². The zero-order valence-corrected chi connectivity index (χ0v) is 12.7. The molecule has 7 heteroatoms. The summed E-state index contributed by atoms with van der Waals surface area (Å²) in [5, 5.41) is 2.58. The SMILES string of the molecule is COc1c(C=O)cccc1C(=O)NCc1ccc(C(F)(F)F)cc1. The van der Waals surface area contributed by atoms with Crippen LogP contribution in [0.4, 0.5) is 13.2 Å². The summed E-state index contributed by atoms with van der Waals surface area (Å²) in [6.45, 7) is 0.0471. The van der Waals surface area contributed by atoms with Gasteiger partial charge in [0.15, 0.2) is 6.29 Å². The van der Waals surface area contributed by atoms with Gasteiger partial charge in [0.05, 0.1) is 23.8 Å². The summed E-state index contributed by atoms with van der Waals surface area (Å²) in [6, 6.07) is 9.04. The van der Waals surface area contributed by atoms with Crippen molar-refractivity contribution in [1.82, 2.24) is 5.32 Å². The van der Waals surface area contributed by atoms with Crippen molar-refractivity contribution in [1.29, 1.82) is 0 Å². The average Bonchev–Trinajstić information content (AvgIpc) is 2.58. The molecule has 4 nitrogen and oxygen atoms in total. The monoisotopic (exact) mass is 337 g/mol. The third kappa shape index (κ3) is 3.92. The van der Waals surface area contributed by atoms with E-state index < -0.39 is 17.6 Å². The molecule has 0 radical (unpaired) electrons. The van der Waals surface area contributed by atoms with Crippen LogP contribution in [0.25, 0.3) is 0 Å². The predicted molar refractivity (Wildman–Crippen MR) is 81.0 cm³/mol. The normalized spacial score (nSPS) is 11.0. The van der Waals surface area contributed by atoms with E-state index in [4.69, 9.17) is 4.74 Å². The summed E-state index contributed by atoms with van der Waals surface area (Å²) in [5.74, 6) is -0.340. The molecule has 0 fully saturated rings. The van der Waals surface area contributed by atoms with Crippen LogP contribution < -0.4 is 10.1 Å². The number of halogens is 3. The molecule has 0 atom stereocenters. The first kappa shape index (κ1) is 17.5. The van der Waals surface area contributed by atoms with E-state index in [1.165, 1.54) is 31.4 Å². The van der Waals surface area contributed by atoms with Crippen molar-refractivity contribution in [2.24, 2.45) is 0 Å². The number of carbonyl (C=O) groups excluding carboxylic acids is 2. The molecule has 0 aliphatic rings. The minimum absolute atomic E-state index is 0.0471. The molecule has 2 aromatic carbocycles. The number of methoxy groups -OCH3 is 1. The Kier molecular flexibility index (Phi) is 5.23. The molecule has 0 spiro atoms. The second-order valence-corrected chi connectivity index (χ2v) is 4.92. The molecule has 126 valence electrons. The molecule has 0 heterocycles. The van der Waals surface area contributed by atoms with Crippen LogP contribution in [0.3, 0.4) is 0 Å². The van der Waals surface area contributed by atoms with E-state index in [0.29, 0.717) is 11.8 Å². The van der Waals surface area contributed by atoms with E-state index in [0.717, 1.165) is 12.1 Å². The van der Waals surface area contributed by atoms with Gasteiger partial charge in [0.25, 0.3) is 5.91 Å². The molecule has 0 saturated carbocycles. The van der Waals surface area contributed by atoms with E-state index >= 15 is 0 Å². The first-order valence-corrected chi connectivity index (χ1v) is 6.93. The van der Waals surface area contributed by atoms with E-state index in [9.17, 15) is 22.8 Å². The molecule has 1 amide bonds. The molecule has 0 unspecified atom stereocenters. The highest BCUT2D eigenvalue weighted by Gasteiger charge is 2.29. The number of aldehydes is 1. The molecule has 0 aromatic heterocycles. The fourth-order valence-electron chi connectivity index (χ4n) is 2.14. The number of para-hydroxylation sites is 1. The van der Waals surface area contributed by atoms with E-state index in [-0.39, 0.29) is 23.4 Å². The van der Waals surface area contributed by atoms with Crippen molar-refractivity contribution in [3.63, 3.8) is 0 Å². The number of hydrogen-bond donors (Lipinski definition) is 1. The summed E-state index contributed by atoms with van der Waals surface area (Å²) in [7, 11) is 1.34. The number of ether oxygens (including phenoxy) is 1. The number of rotatable bonds is 5. The third-order valence-electron chi connectivity index (χ3n) is 3.36. The summed E-state index contributed by atoms with van der Waals surface area (Å²) in [6.07, 6.45) is -3.82. The lowest BCUT2D eigenvalue weighted by Crippen LogP contribution is -2.23. The average molecular weight is 337 g/mol. The zero-order valence-electron chi connectivity index (χ0n) is 12.7. The first-order chi connectivity index (χ1) is 11.4. The van der Waals surface area contributed by atoms with Crippen molar-refractivity contribution in [3.05, 3.63) is 64.7 Å². The van der Waals surface area contributed by atoms with Crippen LogP contribution in [0.1, 0.15) is 31.8 Å². The second kappa shape index (κ2) is 7.16. The van der Waals surface area contributed by atoms with Gasteiger partial charge in [-0.25, -0.2) is 0 Å². The highest BCUT2D eigenvalue weighted by Crippen LogP contribution is 2.29. The maximum absolute atomic E-state index is 12.5. The van der Waals surface area contributed by atoms with Gasteiger partial charge < -0.3 is 10.1 Å². The Labute approximate surface area is 136 Å². The zero-order chi connectivity index (χ0) is 17.7. The number of carbonyl (C=O) groups is 2. The largest absolute Gasteiger partial charge is 0.495 e. The Bertz CT molecular complexity index is 740. The lowest BCUT2D eigenvalue weighted by atomic mass is 10.1. The summed E-state index contributed by atoms with van der Waals surface area (Å²) in [4.78, 5) is 23.2.